The van der Waals surface area contributed by atoms with E-state index in [4.69, 9.17) is 16.1 Å². The largest absolute Gasteiger partial charge is 0.361 e. The fourth-order valence-corrected chi connectivity index (χ4v) is 2.88. The molecule has 4 nitrogen and oxygen atoms in total. The molecule has 0 saturated carbocycles. The Bertz CT molecular complexity index is 692. The lowest BCUT2D eigenvalue weighted by molar-refractivity contribution is 0.102. The van der Waals surface area contributed by atoms with Crippen LogP contribution < -0.4 is 5.32 Å². The van der Waals surface area contributed by atoms with E-state index < -0.39 is 0 Å². The maximum absolute atomic E-state index is 12.7. The number of nitrogens with zero attached hydrogens (tertiary/aromatic N) is 1. The van der Waals surface area contributed by atoms with Gasteiger partial charge in [0, 0.05) is 10.7 Å². The van der Waals surface area contributed by atoms with Crippen LogP contribution >= 0.6 is 11.6 Å². The lowest BCUT2D eigenvalue weighted by Gasteiger charge is -2.16. The maximum atomic E-state index is 12.7. The Morgan fingerprint density at radius 1 is 1.23 bits per heavy atom. The van der Waals surface area contributed by atoms with E-state index >= 15 is 0 Å². The molecule has 0 atom stereocenters. The minimum Gasteiger partial charge on any atom is -0.361 e. The summed E-state index contributed by atoms with van der Waals surface area (Å²) in [5, 5.41) is 7.63. The Hall–Kier alpha value is -1.81. The number of nitrogens with one attached hydrogen (secondary N) is 1. The molecular formula is C17H21ClN2O2. The summed E-state index contributed by atoms with van der Waals surface area (Å²) < 4.78 is 5.15. The highest BCUT2D eigenvalue weighted by molar-refractivity contribution is 6.32. The summed E-state index contributed by atoms with van der Waals surface area (Å²) in [7, 11) is 0. The minimum atomic E-state index is -0.192. The highest BCUT2D eigenvalue weighted by atomic mass is 35.5. The number of carbonyl (C=O) groups is 1. The van der Waals surface area contributed by atoms with Crippen LogP contribution in [0.5, 0.6) is 0 Å². The SMILES string of the molecule is CCc1ccc(Cl)c(CC)c1NC(=O)c1c(CC)noc1C. The number of benzene rings is 1. The van der Waals surface area contributed by atoms with Gasteiger partial charge in [-0.15, -0.1) is 0 Å². The van der Waals surface area contributed by atoms with E-state index in [1.165, 1.54) is 0 Å². The molecule has 0 spiro atoms. The smallest absolute Gasteiger partial charge is 0.261 e. The van der Waals surface area contributed by atoms with Gasteiger partial charge in [0.1, 0.15) is 11.3 Å². The molecule has 22 heavy (non-hydrogen) atoms. The third-order valence-corrected chi connectivity index (χ3v) is 4.16. The van der Waals surface area contributed by atoms with Gasteiger partial charge in [-0.3, -0.25) is 4.79 Å². The monoisotopic (exact) mass is 320 g/mol. The van der Waals surface area contributed by atoms with Gasteiger partial charge in [-0.25, -0.2) is 0 Å². The lowest BCUT2D eigenvalue weighted by atomic mass is 10.0. The highest BCUT2D eigenvalue weighted by Gasteiger charge is 2.21. The van der Waals surface area contributed by atoms with E-state index in [1.54, 1.807) is 6.92 Å². The van der Waals surface area contributed by atoms with Gasteiger partial charge >= 0.3 is 0 Å². The van der Waals surface area contributed by atoms with Crippen LogP contribution in [0.1, 0.15) is 53.7 Å². The molecular weight excluding hydrogens is 300 g/mol. The number of rotatable bonds is 5. The Kier molecular flexibility index (Phi) is 5.24. The average molecular weight is 321 g/mol. The van der Waals surface area contributed by atoms with Crippen molar-refractivity contribution in [1.29, 1.82) is 0 Å². The van der Waals surface area contributed by atoms with Crippen molar-refractivity contribution < 1.29 is 9.32 Å². The molecule has 0 aliphatic rings. The van der Waals surface area contributed by atoms with Crippen molar-refractivity contribution in [2.45, 2.75) is 47.0 Å². The van der Waals surface area contributed by atoms with Gasteiger partial charge in [-0.1, -0.05) is 43.6 Å². The molecule has 1 aromatic carbocycles. The average Bonchev–Trinajstić information content (AvgIpc) is 2.88. The van der Waals surface area contributed by atoms with Crippen LogP contribution in [0.4, 0.5) is 5.69 Å². The van der Waals surface area contributed by atoms with E-state index in [2.05, 4.69) is 17.4 Å². The van der Waals surface area contributed by atoms with Crippen molar-refractivity contribution in [3.8, 4) is 0 Å². The fourth-order valence-electron chi connectivity index (χ4n) is 2.59. The number of halogens is 1. The van der Waals surface area contributed by atoms with E-state index in [9.17, 15) is 4.79 Å². The van der Waals surface area contributed by atoms with Gasteiger partial charge in [0.2, 0.25) is 0 Å². The summed E-state index contributed by atoms with van der Waals surface area (Å²) in [5.74, 6) is 0.342. The Morgan fingerprint density at radius 3 is 2.55 bits per heavy atom. The fraction of sp³-hybridized carbons (Fsp3) is 0.412. The predicted octanol–water partition coefficient (Wildman–Crippen LogP) is 4.58. The number of hydrogen-bond acceptors (Lipinski definition) is 3. The summed E-state index contributed by atoms with van der Waals surface area (Å²) in [6, 6.07) is 3.84. The molecule has 5 heteroatoms. The van der Waals surface area contributed by atoms with Crippen LogP contribution in [0.2, 0.25) is 5.02 Å². The summed E-state index contributed by atoms with van der Waals surface area (Å²) in [5.41, 5.74) is 4.04. The first-order valence-corrected chi connectivity index (χ1v) is 7.97. The van der Waals surface area contributed by atoms with Gasteiger partial charge in [0.15, 0.2) is 0 Å². The Labute approximate surface area is 135 Å². The summed E-state index contributed by atoms with van der Waals surface area (Å²) in [6.45, 7) is 7.78. The molecule has 0 bridgehead atoms. The molecule has 2 aromatic rings. The molecule has 0 fully saturated rings. The van der Waals surface area contributed by atoms with Gasteiger partial charge < -0.3 is 9.84 Å². The molecule has 0 aliphatic heterocycles. The van der Waals surface area contributed by atoms with Crippen molar-refractivity contribution in [3.05, 3.63) is 45.3 Å². The van der Waals surface area contributed by atoms with Crippen LogP contribution in [-0.4, -0.2) is 11.1 Å². The molecule has 118 valence electrons. The Morgan fingerprint density at radius 2 is 1.95 bits per heavy atom. The van der Waals surface area contributed by atoms with Gasteiger partial charge in [-0.05, 0) is 43.4 Å². The van der Waals surface area contributed by atoms with Crippen molar-refractivity contribution in [1.82, 2.24) is 5.16 Å². The Balaban J connectivity index is 2.44. The first kappa shape index (κ1) is 16.6. The molecule has 1 aromatic heterocycles. The zero-order valence-corrected chi connectivity index (χ0v) is 14.2. The number of amides is 1. The number of anilines is 1. The first-order chi connectivity index (χ1) is 10.5. The van der Waals surface area contributed by atoms with E-state index in [-0.39, 0.29) is 5.91 Å². The van der Waals surface area contributed by atoms with Crippen molar-refractivity contribution in [2.24, 2.45) is 0 Å². The van der Waals surface area contributed by atoms with Crippen LogP contribution in [0, 0.1) is 6.92 Å². The summed E-state index contributed by atoms with van der Waals surface area (Å²) in [4.78, 5) is 12.7. The second kappa shape index (κ2) is 6.97. The van der Waals surface area contributed by atoms with Crippen LogP contribution in [0.25, 0.3) is 0 Å². The topological polar surface area (TPSA) is 55.1 Å². The van der Waals surface area contributed by atoms with E-state index in [0.29, 0.717) is 28.5 Å². The molecule has 0 saturated heterocycles. The quantitative estimate of drug-likeness (QED) is 0.877. The third kappa shape index (κ3) is 3.02. The molecule has 0 aliphatic carbocycles. The first-order valence-electron chi connectivity index (χ1n) is 7.60. The lowest BCUT2D eigenvalue weighted by Crippen LogP contribution is -2.17. The van der Waals surface area contributed by atoms with Gasteiger partial charge in [0.25, 0.3) is 5.91 Å². The highest BCUT2D eigenvalue weighted by Crippen LogP contribution is 2.30. The minimum absolute atomic E-state index is 0.192. The molecule has 1 heterocycles. The zero-order valence-electron chi connectivity index (χ0n) is 13.4. The van der Waals surface area contributed by atoms with Crippen LogP contribution in [0.15, 0.2) is 16.7 Å². The van der Waals surface area contributed by atoms with Crippen molar-refractivity contribution in [3.63, 3.8) is 0 Å². The zero-order chi connectivity index (χ0) is 16.3. The second-order valence-corrected chi connectivity index (χ2v) is 5.54. The number of aryl methyl sites for hydroxylation is 3. The molecule has 1 N–H and O–H groups in total. The normalized spacial score (nSPS) is 10.8. The standard InChI is InChI=1S/C17H21ClN2O2/c1-5-11-8-9-13(18)12(6-2)16(11)19-17(21)15-10(4)22-20-14(15)7-3/h8-9H,5-7H2,1-4H3,(H,19,21). The second-order valence-electron chi connectivity index (χ2n) is 5.14. The molecule has 2 rings (SSSR count). The van der Waals surface area contributed by atoms with Crippen LogP contribution in [-0.2, 0) is 19.3 Å². The number of aromatic nitrogens is 1. The van der Waals surface area contributed by atoms with E-state index in [1.807, 2.05) is 26.0 Å². The molecule has 1 amide bonds. The predicted molar refractivity (Wildman–Crippen MR) is 88.8 cm³/mol. The van der Waals surface area contributed by atoms with Crippen molar-refractivity contribution >= 4 is 23.2 Å². The maximum Gasteiger partial charge on any atom is 0.261 e. The van der Waals surface area contributed by atoms with E-state index in [0.717, 1.165) is 29.7 Å². The van der Waals surface area contributed by atoms with Crippen molar-refractivity contribution in [2.75, 3.05) is 5.32 Å². The van der Waals surface area contributed by atoms with Crippen LogP contribution in [0.3, 0.4) is 0 Å². The summed E-state index contributed by atoms with van der Waals surface area (Å²) in [6.07, 6.45) is 2.23. The third-order valence-electron chi connectivity index (χ3n) is 3.81. The van der Waals surface area contributed by atoms with Gasteiger partial charge in [-0.2, -0.15) is 0 Å². The van der Waals surface area contributed by atoms with Gasteiger partial charge in [0.05, 0.1) is 5.69 Å². The number of hydrogen-bond donors (Lipinski definition) is 1. The molecule has 0 unspecified atom stereocenters. The number of carbonyl (C=O) groups excluding carboxylic acids is 1. The summed E-state index contributed by atoms with van der Waals surface area (Å²) >= 11 is 6.27. The molecule has 0 radical (unpaired) electrons.